The predicted octanol–water partition coefficient (Wildman–Crippen LogP) is 0.919. The van der Waals surface area contributed by atoms with Gasteiger partial charge in [0, 0.05) is 18.6 Å². The Bertz CT molecular complexity index is 32.6. The third-order valence-electron chi connectivity index (χ3n) is 0. The van der Waals surface area contributed by atoms with Gasteiger partial charge < -0.3 is 0 Å². The van der Waals surface area contributed by atoms with E-state index in [4.69, 9.17) is 0 Å². The van der Waals surface area contributed by atoms with E-state index in [0.29, 0.717) is 0 Å². The molecule has 0 rings (SSSR count). The molecule has 31 valence electrons. The van der Waals surface area contributed by atoms with Gasteiger partial charge in [0.1, 0.15) is 0 Å². The summed E-state index contributed by atoms with van der Waals surface area (Å²) in [6, 6.07) is 0. The van der Waals surface area contributed by atoms with Crippen LogP contribution in [0.1, 0.15) is 0 Å². The van der Waals surface area contributed by atoms with Gasteiger partial charge in [-0.3, -0.25) is 0 Å². The second kappa shape index (κ2) is 5.70. The van der Waals surface area contributed by atoms with Gasteiger partial charge in [0.15, 0.2) is 0 Å². The van der Waals surface area contributed by atoms with E-state index >= 15 is 0 Å². The Kier molecular flexibility index (Phi) is 11.2. The summed E-state index contributed by atoms with van der Waals surface area (Å²) in [7, 11) is 0. The fourth-order valence-electron chi connectivity index (χ4n) is 0. The topological polar surface area (TPSA) is 0 Å². The van der Waals surface area contributed by atoms with Crippen LogP contribution in [0.2, 0.25) is 0 Å². The van der Waals surface area contributed by atoms with Crippen molar-refractivity contribution >= 4 is 5.56 Å². The van der Waals surface area contributed by atoms with Crippen molar-refractivity contribution in [3.63, 3.8) is 0 Å². The molecule has 0 aliphatic carbocycles. The van der Waals surface area contributed by atoms with Crippen molar-refractivity contribution in [1.29, 1.82) is 0 Å². The summed E-state index contributed by atoms with van der Waals surface area (Å²) in [6.07, 6.45) is 0. The molecule has 0 saturated heterocycles. The first kappa shape index (κ1) is 9.86. The van der Waals surface area contributed by atoms with Crippen molar-refractivity contribution < 1.29 is 37.4 Å². The maximum absolute atomic E-state index is 2.31. The van der Waals surface area contributed by atoms with Crippen molar-refractivity contribution in [3.05, 3.63) is 0 Å². The summed E-state index contributed by atoms with van der Waals surface area (Å²) >= 11 is 1.78. The standard InChI is InChI=1S/C2H7P.V.W/c1-3-2;;/h3H,1-2H3;;. The van der Waals surface area contributed by atoms with Gasteiger partial charge in [0.25, 0.3) is 0 Å². The summed E-state index contributed by atoms with van der Waals surface area (Å²) in [5.74, 6) is 0. The van der Waals surface area contributed by atoms with Gasteiger partial charge in [-0.05, 0) is 0 Å². The van der Waals surface area contributed by atoms with Crippen LogP contribution in [0.25, 0.3) is 0 Å². The van der Waals surface area contributed by atoms with Crippen LogP contribution in [0.5, 0.6) is 0 Å². The molecule has 1 radical (unpaired) electrons. The predicted molar refractivity (Wildman–Crippen MR) is 20.2 cm³/mol. The van der Waals surface area contributed by atoms with E-state index in [1.165, 1.54) is 0 Å². The normalized spacial score (nSPS) is 7.00. The summed E-state index contributed by atoms with van der Waals surface area (Å²) < 4.78 is 0. The van der Waals surface area contributed by atoms with Crippen LogP contribution in [0.3, 0.4) is 0 Å². The van der Waals surface area contributed by atoms with Gasteiger partial charge in [-0.25, -0.2) is 0 Å². The van der Waals surface area contributed by atoms with E-state index in [1.807, 2.05) is 0 Å². The molecule has 0 spiro atoms. The average Bonchev–Trinajstić information content (AvgIpc) is 0.811. The first-order valence-electron chi connectivity index (χ1n) is 1.20. The Morgan fingerprint density at radius 1 is 1.40 bits per heavy atom. The number of hydrogen-bond donors (Lipinski definition) is 0. The van der Waals surface area contributed by atoms with Crippen molar-refractivity contribution in [2.75, 3.05) is 13.3 Å². The first-order chi connectivity index (χ1) is 1.73. The van der Waals surface area contributed by atoms with E-state index in [2.05, 4.69) is 13.3 Å². The molecule has 0 saturated carbocycles. The van der Waals surface area contributed by atoms with Gasteiger partial charge in [-0.1, -0.05) is 0 Å². The molecular formula is C2H7PVW. The minimum Gasteiger partial charge on any atom is 0 e. The van der Waals surface area contributed by atoms with E-state index in [-0.39, 0.29) is 24.1 Å². The fraction of sp³-hybridized carbons (Fsp3) is 1.00. The molecule has 5 heavy (non-hydrogen) atoms. The maximum Gasteiger partial charge on any atom is 0 e. The zero-order chi connectivity index (χ0) is 3.58. The Labute approximate surface area is 56.1 Å². The summed E-state index contributed by atoms with van der Waals surface area (Å²) in [4.78, 5) is 0. The fourth-order valence-corrected chi connectivity index (χ4v) is 0. The molecule has 0 heterocycles. The van der Waals surface area contributed by atoms with Crippen molar-refractivity contribution in [2.45, 2.75) is 0 Å². The van der Waals surface area contributed by atoms with E-state index in [0.717, 1.165) is 0 Å². The van der Waals surface area contributed by atoms with Crippen molar-refractivity contribution in [2.24, 2.45) is 0 Å². The summed E-state index contributed by atoms with van der Waals surface area (Å²) in [5, 5.41) is 0. The Balaban J connectivity index is 0. The molecule has 0 fully saturated rings. The average molecular weight is 297 g/mol. The molecule has 0 unspecified atom stereocenters. The van der Waals surface area contributed by atoms with Gasteiger partial charge in [0.05, 0.1) is 0 Å². The molecule has 0 atom stereocenters. The van der Waals surface area contributed by atoms with E-state index in [9.17, 15) is 0 Å². The SMILES string of the molecule is C[PH](C)=[W].[V]. The molecule has 0 aliphatic rings. The minimum atomic E-state index is 0. The van der Waals surface area contributed by atoms with Crippen LogP contribution in [0, 0.1) is 0 Å². The van der Waals surface area contributed by atoms with E-state index < -0.39 is 0 Å². The van der Waals surface area contributed by atoms with Gasteiger partial charge >= 0.3 is 37.7 Å². The van der Waals surface area contributed by atoms with Crippen LogP contribution < -0.4 is 0 Å². The molecule has 0 aromatic heterocycles. The maximum atomic E-state index is 2.31. The largest absolute Gasteiger partial charge is 0 e. The van der Waals surface area contributed by atoms with E-state index in [1.54, 1.807) is 18.8 Å². The molecule has 0 bridgehead atoms. The third-order valence-corrected chi connectivity index (χ3v) is 0. The summed E-state index contributed by atoms with van der Waals surface area (Å²) in [6.45, 7) is 4.61. The van der Waals surface area contributed by atoms with Crippen LogP contribution >= 0.6 is 5.56 Å². The molecule has 3 heteroatoms. The van der Waals surface area contributed by atoms with Crippen molar-refractivity contribution in [3.8, 4) is 0 Å². The molecule has 0 aromatic carbocycles. The Hall–Kier alpha value is 1.70. The summed E-state index contributed by atoms with van der Waals surface area (Å²) in [5.41, 5.74) is 0.204. The van der Waals surface area contributed by atoms with Crippen LogP contribution in [0.15, 0.2) is 0 Å². The quantitative estimate of drug-likeness (QED) is 0.583. The molecule has 0 N–H and O–H groups in total. The molecular weight excluding hydrogens is 290 g/mol. The van der Waals surface area contributed by atoms with Gasteiger partial charge in [-0.2, -0.15) is 0 Å². The molecule has 0 aromatic rings. The molecule has 0 aliphatic heterocycles. The van der Waals surface area contributed by atoms with Crippen LogP contribution in [-0.2, 0) is 37.4 Å². The smallest absolute Gasteiger partial charge is 0 e. The van der Waals surface area contributed by atoms with Crippen molar-refractivity contribution in [1.82, 2.24) is 0 Å². The second-order valence-corrected chi connectivity index (χ2v) is 11.5. The third kappa shape index (κ3) is 27.0. The Morgan fingerprint density at radius 2 is 1.40 bits per heavy atom. The minimum absolute atomic E-state index is 0. The monoisotopic (exact) mass is 297 g/mol. The van der Waals surface area contributed by atoms with Crippen LogP contribution in [-0.4, -0.2) is 13.3 Å². The first-order valence-corrected chi connectivity index (χ1v) is 8.01. The second-order valence-electron chi connectivity index (χ2n) is 0.908. The number of hydrogen-bond acceptors (Lipinski definition) is 0. The van der Waals surface area contributed by atoms with Gasteiger partial charge in [0.2, 0.25) is 0 Å². The molecule has 0 amide bonds. The zero-order valence-corrected chi connectivity index (χ0v) is 8.69. The Morgan fingerprint density at radius 3 is 1.40 bits per heavy atom. The zero-order valence-electron chi connectivity index (χ0n) is 3.36. The van der Waals surface area contributed by atoms with Crippen LogP contribution in [0.4, 0.5) is 0 Å². The number of rotatable bonds is 0. The molecule has 0 nitrogen and oxygen atoms in total. The van der Waals surface area contributed by atoms with Gasteiger partial charge in [-0.15, -0.1) is 0 Å².